The van der Waals surface area contributed by atoms with Gasteiger partial charge >= 0.3 is 0 Å². The summed E-state index contributed by atoms with van der Waals surface area (Å²) in [6.45, 7) is 10.5. The fourth-order valence-corrected chi connectivity index (χ4v) is 2.76. The third kappa shape index (κ3) is 5.01. The molecule has 0 bridgehead atoms. The van der Waals surface area contributed by atoms with E-state index in [4.69, 9.17) is 4.74 Å². The molecular weight excluding hydrogens is 260 g/mol. The first-order chi connectivity index (χ1) is 10.1. The lowest BCUT2D eigenvalue weighted by Gasteiger charge is -2.29. The number of hydrogen-bond acceptors (Lipinski definition) is 3. The molecule has 21 heavy (non-hydrogen) atoms. The molecule has 1 aliphatic rings. The summed E-state index contributed by atoms with van der Waals surface area (Å²) in [5.74, 6) is 0.696. The van der Waals surface area contributed by atoms with Gasteiger partial charge in [-0.05, 0) is 37.3 Å². The maximum Gasteiger partial charge on any atom is 0.0587 e. The van der Waals surface area contributed by atoms with Crippen molar-refractivity contribution in [2.24, 2.45) is 5.92 Å². The van der Waals surface area contributed by atoms with Gasteiger partial charge in [0.2, 0.25) is 0 Å². The Kier molecular flexibility index (Phi) is 6.07. The molecule has 2 rings (SSSR count). The van der Waals surface area contributed by atoms with Crippen LogP contribution in [0.3, 0.4) is 0 Å². The van der Waals surface area contributed by atoms with Crippen LogP contribution in [0.1, 0.15) is 37.8 Å². The summed E-state index contributed by atoms with van der Waals surface area (Å²) >= 11 is 0. The van der Waals surface area contributed by atoms with E-state index in [1.165, 1.54) is 29.7 Å². The third-order valence-corrected chi connectivity index (χ3v) is 3.89. The first kappa shape index (κ1) is 16.3. The van der Waals surface area contributed by atoms with Crippen LogP contribution in [0.15, 0.2) is 18.2 Å². The largest absolute Gasteiger partial charge is 0.383 e. The Balaban J connectivity index is 2.12. The molecule has 0 radical (unpaired) electrons. The van der Waals surface area contributed by atoms with Crippen molar-refractivity contribution in [2.75, 3.05) is 31.7 Å². The first-order valence-electron chi connectivity index (χ1n) is 8.17. The molecule has 3 heteroatoms. The minimum Gasteiger partial charge on any atom is -0.383 e. The molecule has 1 aromatic rings. The van der Waals surface area contributed by atoms with Crippen LogP contribution in [0, 0.1) is 12.8 Å². The summed E-state index contributed by atoms with van der Waals surface area (Å²) < 4.78 is 5.11. The van der Waals surface area contributed by atoms with Crippen molar-refractivity contribution in [2.45, 2.75) is 46.2 Å². The minimum absolute atomic E-state index is 0.696. The predicted molar refractivity (Wildman–Crippen MR) is 90.0 cm³/mol. The molecule has 0 saturated heterocycles. The molecule has 1 N–H and O–H groups in total. The van der Waals surface area contributed by atoms with Crippen molar-refractivity contribution < 1.29 is 4.74 Å². The second-order valence-corrected chi connectivity index (χ2v) is 6.58. The average Bonchev–Trinajstić information content (AvgIpc) is 3.26. The molecule has 1 aromatic carbocycles. The van der Waals surface area contributed by atoms with Crippen LogP contribution in [-0.4, -0.2) is 32.8 Å². The topological polar surface area (TPSA) is 24.5 Å². The van der Waals surface area contributed by atoms with Gasteiger partial charge in [-0.15, -0.1) is 0 Å². The van der Waals surface area contributed by atoms with Gasteiger partial charge in [-0.1, -0.05) is 31.5 Å². The van der Waals surface area contributed by atoms with Crippen molar-refractivity contribution in [3.8, 4) is 0 Å². The molecule has 0 amide bonds. The standard InChI is InChI=1S/C18H30N2O/c1-14(2)13-20(17-6-7-17)18-8-5-15(3)11-16(18)12-19-9-10-21-4/h5,8,11,14,17,19H,6-7,9-10,12-13H2,1-4H3. The molecule has 3 nitrogen and oxygen atoms in total. The van der Waals surface area contributed by atoms with E-state index in [2.05, 4.69) is 49.2 Å². The molecule has 1 aliphatic carbocycles. The van der Waals surface area contributed by atoms with Crippen LogP contribution >= 0.6 is 0 Å². The highest BCUT2D eigenvalue weighted by atomic mass is 16.5. The Morgan fingerprint density at radius 2 is 2.10 bits per heavy atom. The van der Waals surface area contributed by atoms with Crippen molar-refractivity contribution in [1.82, 2.24) is 5.32 Å². The monoisotopic (exact) mass is 290 g/mol. The molecule has 0 aliphatic heterocycles. The van der Waals surface area contributed by atoms with Crippen LogP contribution in [0.5, 0.6) is 0 Å². The average molecular weight is 290 g/mol. The summed E-state index contributed by atoms with van der Waals surface area (Å²) in [6.07, 6.45) is 2.69. The number of nitrogens with zero attached hydrogens (tertiary/aromatic N) is 1. The maximum absolute atomic E-state index is 5.11. The first-order valence-corrected chi connectivity index (χ1v) is 8.17. The van der Waals surface area contributed by atoms with Gasteiger partial charge in [-0.2, -0.15) is 0 Å². The van der Waals surface area contributed by atoms with E-state index >= 15 is 0 Å². The second kappa shape index (κ2) is 7.81. The van der Waals surface area contributed by atoms with Crippen LogP contribution < -0.4 is 10.2 Å². The third-order valence-electron chi connectivity index (χ3n) is 3.89. The molecule has 0 unspecified atom stereocenters. The Bertz CT molecular complexity index is 441. The van der Waals surface area contributed by atoms with E-state index < -0.39 is 0 Å². The zero-order valence-corrected chi connectivity index (χ0v) is 14.0. The van der Waals surface area contributed by atoms with E-state index in [-0.39, 0.29) is 0 Å². The van der Waals surface area contributed by atoms with E-state index in [0.29, 0.717) is 5.92 Å². The van der Waals surface area contributed by atoms with Crippen molar-refractivity contribution >= 4 is 5.69 Å². The number of rotatable bonds is 9. The van der Waals surface area contributed by atoms with E-state index in [1.807, 2.05) is 0 Å². The Hall–Kier alpha value is -1.06. The summed E-state index contributed by atoms with van der Waals surface area (Å²) in [4.78, 5) is 2.62. The fourth-order valence-electron chi connectivity index (χ4n) is 2.76. The van der Waals surface area contributed by atoms with Gasteiger partial charge in [0.25, 0.3) is 0 Å². The molecule has 0 heterocycles. The maximum atomic E-state index is 5.11. The number of anilines is 1. The van der Waals surface area contributed by atoms with Crippen molar-refractivity contribution in [3.63, 3.8) is 0 Å². The SMILES string of the molecule is COCCNCc1cc(C)ccc1N(CC(C)C)C1CC1. The van der Waals surface area contributed by atoms with Gasteiger partial charge in [-0.3, -0.25) is 0 Å². The van der Waals surface area contributed by atoms with Gasteiger partial charge in [0.05, 0.1) is 6.61 Å². The molecule has 0 atom stereocenters. The predicted octanol–water partition coefficient (Wildman–Crippen LogP) is 3.36. The number of aryl methyl sites for hydroxylation is 1. The molecule has 1 fully saturated rings. The number of nitrogens with one attached hydrogen (secondary N) is 1. The van der Waals surface area contributed by atoms with Crippen LogP contribution in [0.2, 0.25) is 0 Å². The normalized spacial score (nSPS) is 14.7. The van der Waals surface area contributed by atoms with Crippen molar-refractivity contribution in [1.29, 1.82) is 0 Å². The highest BCUT2D eigenvalue weighted by Crippen LogP contribution is 2.34. The number of benzene rings is 1. The van der Waals surface area contributed by atoms with Crippen LogP contribution in [-0.2, 0) is 11.3 Å². The summed E-state index contributed by atoms with van der Waals surface area (Å²) in [5, 5.41) is 3.49. The second-order valence-electron chi connectivity index (χ2n) is 6.58. The highest BCUT2D eigenvalue weighted by molar-refractivity contribution is 5.56. The minimum atomic E-state index is 0.696. The Labute approximate surface area is 129 Å². The summed E-state index contributed by atoms with van der Waals surface area (Å²) in [6, 6.07) is 7.63. The van der Waals surface area contributed by atoms with Crippen LogP contribution in [0.25, 0.3) is 0 Å². The molecule has 0 aromatic heterocycles. The fraction of sp³-hybridized carbons (Fsp3) is 0.667. The molecule has 118 valence electrons. The Morgan fingerprint density at radius 3 is 2.71 bits per heavy atom. The van der Waals surface area contributed by atoms with E-state index in [9.17, 15) is 0 Å². The number of hydrogen-bond donors (Lipinski definition) is 1. The summed E-state index contributed by atoms with van der Waals surface area (Å²) in [7, 11) is 1.75. The van der Waals surface area contributed by atoms with E-state index in [1.54, 1.807) is 7.11 Å². The highest BCUT2D eigenvalue weighted by Gasteiger charge is 2.30. The molecule has 1 saturated carbocycles. The van der Waals surface area contributed by atoms with Crippen LogP contribution in [0.4, 0.5) is 5.69 Å². The molecule has 0 spiro atoms. The molecular formula is C18H30N2O. The van der Waals surface area contributed by atoms with Gasteiger partial charge in [0, 0.05) is 38.5 Å². The lowest BCUT2D eigenvalue weighted by Crippen LogP contribution is -2.31. The van der Waals surface area contributed by atoms with Gasteiger partial charge in [-0.25, -0.2) is 0 Å². The van der Waals surface area contributed by atoms with E-state index in [0.717, 1.165) is 32.3 Å². The lowest BCUT2D eigenvalue weighted by atomic mass is 10.1. The Morgan fingerprint density at radius 1 is 1.33 bits per heavy atom. The van der Waals surface area contributed by atoms with Gasteiger partial charge in [0.1, 0.15) is 0 Å². The van der Waals surface area contributed by atoms with Gasteiger partial charge in [0.15, 0.2) is 0 Å². The summed E-state index contributed by atoms with van der Waals surface area (Å²) in [5.41, 5.74) is 4.17. The number of ether oxygens (including phenoxy) is 1. The lowest BCUT2D eigenvalue weighted by molar-refractivity contribution is 0.199. The van der Waals surface area contributed by atoms with Crippen molar-refractivity contribution in [3.05, 3.63) is 29.3 Å². The van der Waals surface area contributed by atoms with Gasteiger partial charge < -0.3 is 15.0 Å². The quantitative estimate of drug-likeness (QED) is 0.706. The zero-order chi connectivity index (χ0) is 15.2. The number of methoxy groups -OCH3 is 1. The smallest absolute Gasteiger partial charge is 0.0587 e. The zero-order valence-electron chi connectivity index (χ0n) is 14.0.